The lowest BCUT2D eigenvalue weighted by atomic mass is 9.88. The van der Waals surface area contributed by atoms with Crippen LogP contribution in [0, 0.1) is 11.8 Å². The van der Waals surface area contributed by atoms with Gasteiger partial charge in [0, 0.05) is 54.9 Å². The van der Waals surface area contributed by atoms with Crippen molar-refractivity contribution in [2.24, 2.45) is 11.8 Å². The molecule has 1 amide bonds. The van der Waals surface area contributed by atoms with Gasteiger partial charge in [0.15, 0.2) is 0 Å². The molecule has 4 rings (SSSR count). The third-order valence-corrected chi connectivity index (χ3v) is 5.73. The van der Waals surface area contributed by atoms with Gasteiger partial charge in [0.25, 0.3) is 0 Å². The Labute approximate surface area is 178 Å². The normalized spacial score (nSPS) is 18.6. The van der Waals surface area contributed by atoms with Gasteiger partial charge >= 0.3 is 0 Å². The number of nitrogens with zero attached hydrogens (tertiary/aromatic N) is 2. The Hall–Kier alpha value is -1.31. The lowest BCUT2D eigenvalue weighted by Gasteiger charge is -2.31. The molecule has 2 aliphatic rings. The largest absolute Gasteiger partial charge is 0.379 e. The second kappa shape index (κ2) is 10.5. The molecular formula is C20H30Cl2N4O2. The number of ether oxygens (including phenoxy) is 1. The maximum atomic E-state index is 12.4. The van der Waals surface area contributed by atoms with Gasteiger partial charge in [0.2, 0.25) is 5.91 Å². The molecule has 0 radical (unpaired) electrons. The summed E-state index contributed by atoms with van der Waals surface area (Å²) in [6, 6.07) is 8.32. The summed E-state index contributed by atoms with van der Waals surface area (Å²) < 4.78 is 7.70. The summed E-state index contributed by atoms with van der Waals surface area (Å²) in [5.74, 6) is 0.618. The van der Waals surface area contributed by atoms with Crippen molar-refractivity contribution in [2.75, 3.05) is 51.3 Å². The Morgan fingerprint density at radius 3 is 2.64 bits per heavy atom. The number of aromatic nitrogens is 1. The van der Waals surface area contributed by atoms with Crippen LogP contribution in [0.1, 0.15) is 6.92 Å². The fourth-order valence-corrected chi connectivity index (χ4v) is 3.68. The Bertz CT molecular complexity index is 773. The van der Waals surface area contributed by atoms with E-state index in [1.54, 1.807) is 0 Å². The van der Waals surface area contributed by atoms with Crippen LogP contribution in [0.5, 0.6) is 0 Å². The van der Waals surface area contributed by atoms with E-state index in [2.05, 4.69) is 44.5 Å². The molecule has 28 heavy (non-hydrogen) atoms. The van der Waals surface area contributed by atoms with Gasteiger partial charge in [-0.25, -0.2) is 0 Å². The number of hydrogen-bond acceptors (Lipinski definition) is 4. The minimum atomic E-state index is 0. The van der Waals surface area contributed by atoms with Crippen LogP contribution in [0.15, 0.2) is 30.5 Å². The van der Waals surface area contributed by atoms with E-state index < -0.39 is 0 Å². The summed E-state index contributed by atoms with van der Waals surface area (Å²) in [5.41, 5.74) is 2.10. The first kappa shape index (κ1) is 23.0. The van der Waals surface area contributed by atoms with E-state index in [1.165, 1.54) is 10.9 Å². The van der Waals surface area contributed by atoms with Crippen molar-refractivity contribution in [1.29, 1.82) is 0 Å². The number of fused-ring (bicyclic) bond motifs is 1. The van der Waals surface area contributed by atoms with Crippen molar-refractivity contribution < 1.29 is 9.53 Å². The summed E-state index contributed by atoms with van der Waals surface area (Å²) in [4.78, 5) is 14.9. The highest BCUT2D eigenvalue weighted by Gasteiger charge is 2.28. The molecule has 2 N–H and O–H groups in total. The molecule has 2 aromatic rings. The van der Waals surface area contributed by atoms with E-state index in [0.29, 0.717) is 5.92 Å². The SMILES string of the molecule is CC(C(=O)Nc1ccc2c(ccn2CCN2CCOCC2)c1)C1CNC1.Cl.Cl. The molecule has 2 saturated heterocycles. The van der Waals surface area contributed by atoms with Crippen molar-refractivity contribution in [1.82, 2.24) is 14.8 Å². The molecule has 6 nitrogen and oxygen atoms in total. The third-order valence-electron chi connectivity index (χ3n) is 5.73. The maximum absolute atomic E-state index is 12.4. The van der Waals surface area contributed by atoms with Gasteiger partial charge in [0.1, 0.15) is 0 Å². The molecule has 2 aliphatic heterocycles. The number of anilines is 1. The van der Waals surface area contributed by atoms with E-state index in [4.69, 9.17) is 4.74 Å². The number of nitrogens with one attached hydrogen (secondary N) is 2. The fraction of sp³-hybridized carbons (Fsp3) is 0.550. The number of carbonyl (C=O) groups excluding carboxylic acids is 1. The van der Waals surface area contributed by atoms with Crippen LogP contribution in [0.25, 0.3) is 10.9 Å². The second-order valence-corrected chi connectivity index (χ2v) is 7.43. The van der Waals surface area contributed by atoms with E-state index >= 15 is 0 Å². The zero-order chi connectivity index (χ0) is 17.9. The average molecular weight is 429 g/mol. The predicted octanol–water partition coefficient (Wildman–Crippen LogP) is 2.61. The van der Waals surface area contributed by atoms with E-state index in [0.717, 1.165) is 58.2 Å². The van der Waals surface area contributed by atoms with Crippen molar-refractivity contribution in [3.63, 3.8) is 0 Å². The molecule has 0 aliphatic carbocycles. The highest BCUT2D eigenvalue weighted by atomic mass is 35.5. The number of rotatable bonds is 6. The number of hydrogen-bond donors (Lipinski definition) is 2. The molecule has 0 saturated carbocycles. The van der Waals surface area contributed by atoms with Crippen molar-refractivity contribution in [3.8, 4) is 0 Å². The number of carbonyl (C=O) groups is 1. The number of halogens is 2. The van der Waals surface area contributed by atoms with Crippen molar-refractivity contribution >= 4 is 47.3 Å². The summed E-state index contributed by atoms with van der Waals surface area (Å²) in [5, 5.41) is 7.48. The highest BCUT2D eigenvalue weighted by Crippen LogP contribution is 2.23. The van der Waals surface area contributed by atoms with Crippen LogP contribution in [0.4, 0.5) is 5.69 Å². The van der Waals surface area contributed by atoms with Crippen LogP contribution < -0.4 is 10.6 Å². The average Bonchev–Trinajstić information content (AvgIpc) is 3.01. The predicted molar refractivity (Wildman–Crippen MR) is 118 cm³/mol. The molecule has 1 aromatic carbocycles. The number of amides is 1. The molecular weight excluding hydrogens is 399 g/mol. The van der Waals surface area contributed by atoms with Gasteiger partial charge in [-0.05, 0) is 43.3 Å². The zero-order valence-corrected chi connectivity index (χ0v) is 17.9. The molecule has 1 atom stereocenters. The summed E-state index contributed by atoms with van der Waals surface area (Å²) >= 11 is 0. The van der Waals surface area contributed by atoms with E-state index in [-0.39, 0.29) is 36.6 Å². The molecule has 0 bridgehead atoms. The first-order valence-corrected chi connectivity index (χ1v) is 9.61. The van der Waals surface area contributed by atoms with Gasteiger partial charge < -0.3 is 19.9 Å². The minimum Gasteiger partial charge on any atom is -0.379 e. The topological polar surface area (TPSA) is 58.5 Å². The highest BCUT2D eigenvalue weighted by molar-refractivity contribution is 5.95. The van der Waals surface area contributed by atoms with E-state index in [9.17, 15) is 4.79 Å². The minimum absolute atomic E-state index is 0. The van der Waals surface area contributed by atoms with Crippen LogP contribution in [0.2, 0.25) is 0 Å². The smallest absolute Gasteiger partial charge is 0.227 e. The maximum Gasteiger partial charge on any atom is 0.227 e. The quantitative estimate of drug-likeness (QED) is 0.742. The monoisotopic (exact) mass is 428 g/mol. The molecule has 1 unspecified atom stereocenters. The molecule has 0 spiro atoms. The summed E-state index contributed by atoms with van der Waals surface area (Å²) in [6.45, 7) is 9.63. The van der Waals surface area contributed by atoms with Crippen LogP contribution in [0.3, 0.4) is 0 Å². The van der Waals surface area contributed by atoms with Gasteiger partial charge in [-0.3, -0.25) is 9.69 Å². The first-order valence-electron chi connectivity index (χ1n) is 9.61. The van der Waals surface area contributed by atoms with Crippen LogP contribution in [-0.4, -0.2) is 61.3 Å². The molecule has 2 fully saturated rings. The Morgan fingerprint density at radius 2 is 1.96 bits per heavy atom. The first-order chi connectivity index (χ1) is 12.7. The van der Waals surface area contributed by atoms with Crippen molar-refractivity contribution in [3.05, 3.63) is 30.5 Å². The molecule has 156 valence electrons. The van der Waals surface area contributed by atoms with Gasteiger partial charge in [-0.2, -0.15) is 0 Å². The Kier molecular flexibility index (Phi) is 8.58. The Balaban J connectivity index is 0.00000140. The fourth-order valence-electron chi connectivity index (χ4n) is 3.68. The number of morpholine rings is 1. The lowest BCUT2D eigenvalue weighted by Crippen LogP contribution is -2.48. The molecule has 8 heteroatoms. The number of benzene rings is 1. The standard InChI is InChI=1S/C20H28N4O2.2ClH/c1-15(17-13-21-14-17)20(25)22-18-2-3-19-16(12-18)4-5-24(19)7-6-23-8-10-26-11-9-23;;/h2-5,12,15,17,21H,6-11,13-14H2,1H3,(H,22,25);2*1H. The van der Waals surface area contributed by atoms with Gasteiger partial charge in [-0.15, -0.1) is 24.8 Å². The lowest BCUT2D eigenvalue weighted by molar-refractivity contribution is -0.121. The van der Waals surface area contributed by atoms with Gasteiger partial charge in [-0.1, -0.05) is 6.92 Å². The zero-order valence-electron chi connectivity index (χ0n) is 16.2. The second-order valence-electron chi connectivity index (χ2n) is 7.43. The van der Waals surface area contributed by atoms with Crippen molar-refractivity contribution in [2.45, 2.75) is 13.5 Å². The van der Waals surface area contributed by atoms with Gasteiger partial charge in [0.05, 0.1) is 13.2 Å². The van der Waals surface area contributed by atoms with Crippen LogP contribution in [-0.2, 0) is 16.1 Å². The summed E-state index contributed by atoms with van der Waals surface area (Å²) in [7, 11) is 0. The van der Waals surface area contributed by atoms with Crippen LogP contribution >= 0.6 is 24.8 Å². The summed E-state index contributed by atoms with van der Waals surface area (Å²) in [6.07, 6.45) is 2.14. The molecule has 1 aromatic heterocycles. The molecule has 3 heterocycles. The third kappa shape index (κ3) is 5.19. The Morgan fingerprint density at radius 1 is 1.21 bits per heavy atom. The van der Waals surface area contributed by atoms with E-state index in [1.807, 2.05) is 13.0 Å².